The van der Waals surface area contributed by atoms with Crippen molar-refractivity contribution in [2.45, 2.75) is 0 Å². The molecule has 6 nitrogen and oxygen atoms in total. The normalized spacial score (nSPS) is 11.2. The van der Waals surface area contributed by atoms with Crippen LogP contribution in [0.15, 0.2) is 90.7 Å². The first-order valence-corrected chi connectivity index (χ1v) is 11.4. The van der Waals surface area contributed by atoms with Gasteiger partial charge in [-0.3, -0.25) is 4.57 Å². The third-order valence-electron chi connectivity index (χ3n) is 5.58. The van der Waals surface area contributed by atoms with Gasteiger partial charge in [0.15, 0.2) is 5.65 Å². The molecule has 0 radical (unpaired) electrons. The van der Waals surface area contributed by atoms with E-state index in [4.69, 9.17) is 9.72 Å². The van der Waals surface area contributed by atoms with Crippen LogP contribution in [0.1, 0.15) is 0 Å². The highest BCUT2D eigenvalue weighted by Crippen LogP contribution is 2.35. The number of rotatable bonds is 5. The predicted octanol–water partition coefficient (Wildman–Crippen LogP) is 6.21. The Hall–Kier alpha value is -4.23. The van der Waals surface area contributed by atoms with Gasteiger partial charge in [-0.05, 0) is 60.0 Å². The lowest BCUT2D eigenvalue weighted by Gasteiger charge is -2.07. The quantitative estimate of drug-likeness (QED) is 0.339. The molecule has 2 aromatic carbocycles. The molecule has 0 aliphatic heterocycles. The average Bonchev–Trinajstić information content (AvgIpc) is 3.64. The van der Waals surface area contributed by atoms with Crippen LogP contribution in [0.5, 0.6) is 5.75 Å². The van der Waals surface area contributed by atoms with Crippen molar-refractivity contribution >= 4 is 22.5 Å². The van der Waals surface area contributed by atoms with E-state index in [-0.39, 0.29) is 0 Å². The molecule has 0 spiro atoms. The molecular formula is C26H19N5OS. The summed E-state index contributed by atoms with van der Waals surface area (Å²) in [4.78, 5) is 18.3. The van der Waals surface area contributed by atoms with Gasteiger partial charge in [0.05, 0.1) is 28.9 Å². The maximum atomic E-state index is 5.33. The van der Waals surface area contributed by atoms with Gasteiger partial charge in [0, 0.05) is 23.0 Å². The van der Waals surface area contributed by atoms with Gasteiger partial charge >= 0.3 is 0 Å². The first-order chi connectivity index (χ1) is 16.3. The largest absolute Gasteiger partial charge is 0.497 e. The molecule has 0 amide bonds. The number of thiophene rings is 1. The van der Waals surface area contributed by atoms with Crippen LogP contribution in [0.3, 0.4) is 0 Å². The van der Waals surface area contributed by atoms with Gasteiger partial charge in [-0.15, -0.1) is 11.3 Å². The first-order valence-electron chi connectivity index (χ1n) is 10.5. The molecule has 160 valence electrons. The predicted molar refractivity (Wildman–Crippen MR) is 132 cm³/mol. The number of hydrogen-bond acceptors (Lipinski definition) is 5. The highest BCUT2D eigenvalue weighted by molar-refractivity contribution is 7.13. The fourth-order valence-corrected chi connectivity index (χ4v) is 4.58. The van der Waals surface area contributed by atoms with Crippen molar-refractivity contribution in [2.24, 2.45) is 0 Å². The summed E-state index contributed by atoms with van der Waals surface area (Å²) in [7, 11) is 1.67. The van der Waals surface area contributed by atoms with Crippen LogP contribution in [0.4, 0.5) is 0 Å². The molecule has 0 saturated carbocycles. The molecule has 0 bridgehead atoms. The number of nitrogens with zero attached hydrogens (tertiary/aromatic N) is 4. The molecule has 1 N–H and O–H groups in total. The molecule has 0 aliphatic carbocycles. The number of methoxy groups -OCH3 is 1. The monoisotopic (exact) mass is 449 g/mol. The molecular weight excluding hydrogens is 430 g/mol. The van der Waals surface area contributed by atoms with Gasteiger partial charge in [-0.25, -0.2) is 15.0 Å². The van der Waals surface area contributed by atoms with Crippen molar-refractivity contribution in [2.75, 3.05) is 7.11 Å². The van der Waals surface area contributed by atoms with Crippen LogP contribution in [-0.2, 0) is 0 Å². The maximum absolute atomic E-state index is 5.33. The Kier molecular flexibility index (Phi) is 4.74. The SMILES string of the molecule is COc1ccc(-c2[nH]c(-c3cccs3)nc2-c2ccc(-n3cnc4ncccc43)cc2)cc1. The number of aromatic nitrogens is 5. The van der Waals surface area contributed by atoms with Crippen molar-refractivity contribution in [3.05, 3.63) is 90.7 Å². The zero-order chi connectivity index (χ0) is 22.2. The zero-order valence-electron chi connectivity index (χ0n) is 17.8. The van der Waals surface area contributed by atoms with Crippen molar-refractivity contribution in [1.29, 1.82) is 0 Å². The second-order valence-corrected chi connectivity index (χ2v) is 8.47. The van der Waals surface area contributed by atoms with Crippen LogP contribution in [0, 0.1) is 0 Å². The number of benzene rings is 2. The second kappa shape index (κ2) is 8.03. The first kappa shape index (κ1) is 19.5. The minimum atomic E-state index is 0.733. The lowest BCUT2D eigenvalue weighted by atomic mass is 10.0. The van der Waals surface area contributed by atoms with Gasteiger partial charge in [0.2, 0.25) is 0 Å². The number of aromatic amines is 1. The minimum absolute atomic E-state index is 0.733. The summed E-state index contributed by atoms with van der Waals surface area (Å²) < 4.78 is 7.37. The lowest BCUT2D eigenvalue weighted by molar-refractivity contribution is 0.415. The molecule has 0 saturated heterocycles. The molecule has 0 fully saturated rings. The molecule has 4 heterocycles. The molecule has 0 aliphatic rings. The zero-order valence-corrected chi connectivity index (χ0v) is 18.6. The van der Waals surface area contributed by atoms with E-state index in [0.29, 0.717) is 0 Å². The Balaban J connectivity index is 1.44. The summed E-state index contributed by atoms with van der Waals surface area (Å²) in [6, 6.07) is 24.4. The maximum Gasteiger partial charge on any atom is 0.177 e. The molecule has 6 rings (SSSR count). The summed E-state index contributed by atoms with van der Waals surface area (Å²) in [5, 5.41) is 2.06. The van der Waals surface area contributed by atoms with Gasteiger partial charge in [-0.2, -0.15) is 0 Å². The second-order valence-electron chi connectivity index (χ2n) is 7.52. The van der Waals surface area contributed by atoms with Gasteiger partial charge in [-0.1, -0.05) is 18.2 Å². The highest BCUT2D eigenvalue weighted by Gasteiger charge is 2.16. The van der Waals surface area contributed by atoms with E-state index in [0.717, 1.165) is 55.8 Å². The van der Waals surface area contributed by atoms with E-state index >= 15 is 0 Å². The van der Waals surface area contributed by atoms with Crippen molar-refractivity contribution in [3.63, 3.8) is 0 Å². The summed E-state index contributed by atoms with van der Waals surface area (Å²) in [5.41, 5.74) is 6.70. The number of imidazole rings is 2. The Labute approximate surface area is 194 Å². The summed E-state index contributed by atoms with van der Waals surface area (Å²) in [5.74, 6) is 1.69. The molecule has 33 heavy (non-hydrogen) atoms. The van der Waals surface area contributed by atoms with Crippen LogP contribution >= 0.6 is 11.3 Å². The van der Waals surface area contributed by atoms with Crippen LogP contribution in [-0.4, -0.2) is 31.6 Å². The van der Waals surface area contributed by atoms with E-state index in [1.807, 2.05) is 47.0 Å². The molecule has 7 heteroatoms. The summed E-state index contributed by atoms with van der Waals surface area (Å²) >= 11 is 1.67. The smallest absolute Gasteiger partial charge is 0.177 e. The summed E-state index contributed by atoms with van der Waals surface area (Å²) in [6.45, 7) is 0. The van der Waals surface area contributed by atoms with Crippen LogP contribution < -0.4 is 4.74 Å². The average molecular weight is 450 g/mol. The van der Waals surface area contributed by atoms with Gasteiger partial charge in [0.25, 0.3) is 0 Å². The number of ether oxygens (including phenoxy) is 1. The number of H-pyrrole nitrogens is 1. The minimum Gasteiger partial charge on any atom is -0.497 e. The molecule has 0 unspecified atom stereocenters. The van der Waals surface area contributed by atoms with Crippen molar-refractivity contribution in [3.8, 4) is 44.7 Å². The number of fused-ring (bicyclic) bond motifs is 1. The fraction of sp³-hybridized carbons (Fsp3) is 0.0385. The van der Waals surface area contributed by atoms with Crippen LogP contribution in [0.25, 0.3) is 50.1 Å². The van der Waals surface area contributed by atoms with E-state index in [2.05, 4.69) is 50.7 Å². The number of nitrogens with one attached hydrogen (secondary N) is 1. The molecule has 6 aromatic rings. The third kappa shape index (κ3) is 3.48. The Morgan fingerprint density at radius 1 is 0.879 bits per heavy atom. The van der Waals surface area contributed by atoms with Crippen LogP contribution in [0.2, 0.25) is 0 Å². The topological polar surface area (TPSA) is 68.6 Å². The van der Waals surface area contributed by atoms with Gasteiger partial charge in [0.1, 0.15) is 17.9 Å². The molecule has 0 atom stereocenters. The van der Waals surface area contributed by atoms with Crippen molar-refractivity contribution < 1.29 is 4.74 Å². The Morgan fingerprint density at radius 3 is 2.45 bits per heavy atom. The Morgan fingerprint density at radius 2 is 1.70 bits per heavy atom. The van der Waals surface area contributed by atoms with E-state index in [1.54, 1.807) is 31.0 Å². The summed E-state index contributed by atoms with van der Waals surface area (Å²) in [6.07, 6.45) is 3.56. The van der Waals surface area contributed by atoms with Crippen molar-refractivity contribution in [1.82, 2.24) is 24.5 Å². The fourth-order valence-electron chi connectivity index (χ4n) is 3.91. The van der Waals surface area contributed by atoms with Gasteiger partial charge < -0.3 is 9.72 Å². The van der Waals surface area contributed by atoms with E-state index in [1.165, 1.54) is 0 Å². The highest BCUT2D eigenvalue weighted by atomic mass is 32.1. The van der Waals surface area contributed by atoms with E-state index < -0.39 is 0 Å². The molecule has 4 aromatic heterocycles. The lowest BCUT2D eigenvalue weighted by Crippen LogP contribution is -1.92. The number of pyridine rings is 1. The standard InChI is InChI=1S/C26H19N5OS/c1-32-20-12-8-18(9-13-20)24-23(29-26(30-24)22-5-3-15-33-22)17-6-10-19(11-7-17)31-16-28-25-21(31)4-2-14-27-25/h2-16H,1H3,(H,29,30). The third-order valence-corrected chi connectivity index (χ3v) is 6.45. The number of hydrogen-bond donors (Lipinski definition) is 1. The van der Waals surface area contributed by atoms with E-state index in [9.17, 15) is 0 Å². The Bertz CT molecular complexity index is 1530.